The number of hydrogen-bond acceptors (Lipinski definition) is 4. The van der Waals surface area contributed by atoms with Gasteiger partial charge in [-0.25, -0.2) is 0 Å². The second-order valence-electron chi connectivity index (χ2n) is 4.68. The lowest BCUT2D eigenvalue weighted by Crippen LogP contribution is -2.33. The molecule has 0 aliphatic heterocycles. The lowest BCUT2D eigenvalue weighted by Gasteiger charge is -2.22. The fourth-order valence-corrected chi connectivity index (χ4v) is 2.05. The van der Waals surface area contributed by atoms with E-state index in [1.165, 1.54) is 5.56 Å². The predicted octanol–water partition coefficient (Wildman–Crippen LogP) is 2.19. The van der Waals surface area contributed by atoms with Crippen molar-refractivity contribution in [3.63, 3.8) is 0 Å². The monoisotopic (exact) mass is 280 g/mol. The molecule has 2 N–H and O–H groups in total. The Morgan fingerprint density at radius 3 is 2.10 bits per heavy atom. The van der Waals surface area contributed by atoms with E-state index in [0.717, 1.165) is 58.2 Å². The molecule has 0 spiro atoms. The van der Waals surface area contributed by atoms with Crippen molar-refractivity contribution in [2.75, 3.05) is 51.8 Å². The highest BCUT2D eigenvalue weighted by Gasteiger charge is 2.06. The van der Waals surface area contributed by atoms with E-state index in [4.69, 9.17) is 15.2 Å². The van der Waals surface area contributed by atoms with Crippen LogP contribution in [0.2, 0.25) is 0 Å². The normalized spacial score (nSPS) is 11.2. The number of benzene rings is 1. The summed E-state index contributed by atoms with van der Waals surface area (Å²) in [6.45, 7) is 9.98. The van der Waals surface area contributed by atoms with E-state index >= 15 is 0 Å². The molecule has 0 fully saturated rings. The molecular weight excluding hydrogens is 252 g/mol. The zero-order valence-corrected chi connectivity index (χ0v) is 12.8. The molecule has 20 heavy (non-hydrogen) atoms. The molecule has 0 saturated heterocycles. The topological polar surface area (TPSA) is 47.7 Å². The van der Waals surface area contributed by atoms with Crippen molar-refractivity contribution >= 4 is 5.69 Å². The third-order valence-corrected chi connectivity index (χ3v) is 3.26. The Morgan fingerprint density at radius 1 is 0.950 bits per heavy atom. The van der Waals surface area contributed by atoms with Gasteiger partial charge in [-0.05, 0) is 31.9 Å². The standard InChI is InChI=1S/C16H28N2O2/c1-3-19-13-11-18(12-14-20-4-2)10-9-15-7-5-6-8-16(15)17/h5-8H,3-4,9-14,17H2,1-2H3. The van der Waals surface area contributed by atoms with Crippen molar-refractivity contribution in [2.24, 2.45) is 0 Å². The minimum absolute atomic E-state index is 0.769. The number of nitrogens with two attached hydrogens (primary N) is 1. The van der Waals surface area contributed by atoms with Gasteiger partial charge in [-0.15, -0.1) is 0 Å². The van der Waals surface area contributed by atoms with E-state index in [0.29, 0.717) is 0 Å². The molecule has 0 aromatic heterocycles. The van der Waals surface area contributed by atoms with Crippen LogP contribution < -0.4 is 5.73 Å². The summed E-state index contributed by atoms with van der Waals surface area (Å²) >= 11 is 0. The zero-order valence-electron chi connectivity index (χ0n) is 12.8. The summed E-state index contributed by atoms with van der Waals surface area (Å²) in [5, 5.41) is 0. The van der Waals surface area contributed by atoms with E-state index in [2.05, 4.69) is 11.0 Å². The maximum absolute atomic E-state index is 5.98. The Labute approximate surface area is 122 Å². The first-order chi connectivity index (χ1) is 9.77. The Kier molecular flexibility index (Phi) is 9.04. The molecule has 1 aromatic rings. The molecule has 0 heterocycles. The molecule has 0 aliphatic rings. The third-order valence-electron chi connectivity index (χ3n) is 3.26. The van der Waals surface area contributed by atoms with Crippen LogP contribution in [0.15, 0.2) is 24.3 Å². The number of ether oxygens (including phenoxy) is 2. The first-order valence-electron chi connectivity index (χ1n) is 7.49. The van der Waals surface area contributed by atoms with Crippen molar-refractivity contribution in [2.45, 2.75) is 20.3 Å². The van der Waals surface area contributed by atoms with Gasteiger partial charge in [-0.1, -0.05) is 18.2 Å². The molecule has 1 aromatic carbocycles. The molecule has 114 valence electrons. The second-order valence-corrected chi connectivity index (χ2v) is 4.68. The molecule has 0 atom stereocenters. The summed E-state index contributed by atoms with van der Waals surface area (Å²) in [5.41, 5.74) is 8.07. The molecule has 0 aliphatic carbocycles. The summed E-state index contributed by atoms with van der Waals surface area (Å²) in [6, 6.07) is 8.07. The molecule has 4 heteroatoms. The highest BCUT2D eigenvalue weighted by molar-refractivity contribution is 5.46. The highest BCUT2D eigenvalue weighted by Crippen LogP contribution is 2.11. The van der Waals surface area contributed by atoms with Gasteiger partial charge in [0.05, 0.1) is 13.2 Å². The van der Waals surface area contributed by atoms with Crippen molar-refractivity contribution in [3.8, 4) is 0 Å². The van der Waals surface area contributed by atoms with Gasteiger partial charge >= 0.3 is 0 Å². The second kappa shape index (κ2) is 10.7. The van der Waals surface area contributed by atoms with Crippen LogP contribution in [0.1, 0.15) is 19.4 Å². The minimum Gasteiger partial charge on any atom is -0.399 e. The third kappa shape index (κ3) is 6.89. The molecule has 4 nitrogen and oxygen atoms in total. The van der Waals surface area contributed by atoms with Crippen LogP contribution in [0.5, 0.6) is 0 Å². The van der Waals surface area contributed by atoms with Gasteiger partial charge in [-0.2, -0.15) is 0 Å². The van der Waals surface area contributed by atoms with E-state index in [1.54, 1.807) is 0 Å². The average Bonchev–Trinajstić information content (AvgIpc) is 2.46. The Morgan fingerprint density at radius 2 is 1.55 bits per heavy atom. The molecular formula is C16H28N2O2. The number of para-hydroxylation sites is 1. The maximum Gasteiger partial charge on any atom is 0.0593 e. The number of nitrogens with zero attached hydrogens (tertiary/aromatic N) is 1. The van der Waals surface area contributed by atoms with Gasteiger partial charge in [0.15, 0.2) is 0 Å². The fraction of sp³-hybridized carbons (Fsp3) is 0.625. The Balaban J connectivity index is 2.39. The van der Waals surface area contributed by atoms with Gasteiger partial charge in [0, 0.05) is 38.5 Å². The number of nitrogen functional groups attached to an aromatic ring is 1. The zero-order chi connectivity index (χ0) is 14.6. The molecule has 0 radical (unpaired) electrons. The van der Waals surface area contributed by atoms with Crippen LogP contribution >= 0.6 is 0 Å². The number of hydrogen-bond donors (Lipinski definition) is 1. The number of anilines is 1. The van der Waals surface area contributed by atoms with E-state index < -0.39 is 0 Å². The van der Waals surface area contributed by atoms with Crippen LogP contribution in [-0.4, -0.2) is 51.0 Å². The van der Waals surface area contributed by atoms with Crippen molar-refractivity contribution in [1.29, 1.82) is 0 Å². The van der Waals surface area contributed by atoms with E-state index in [9.17, 15) is 0 Å². The average molecular weight is 280 g/mol. The molecule has 0 amide bonds. The van der Waals surface area contributed by atoms with Crippen LogP contribution in [0.25, 0.3) is 0 Å². The van der Waals surface area contributed by atoms with Gasteiger partial charge in [-0.3, -0.25) is 4.90 Å². The maximum atomic E-state index is 5.98. The van der Waals surface area contributed by atoms with Crippen molar-refractivity contribution < 1.29 is 9.47 Å². The fourth-order valence-electron chi connectivity index (χ4n) is 2.05. The Hall–Kier alpha value is -1.10. The quantitative estimate of drug-likeness (QED) is 0.498. The molecule has 0 unspecified atom stereocenters. The molecule has 0 bridgehead atoms. The van der Waals surface area contributed by atoms with Crippen LogP contribution in [0, 0.1) is 0 Å². The summed E-state index contributed by atoms with van der Waals surface area (Å²) in [4.78, 5) is 2.37. The van der Waals surface area contributed by atoms with Gasteiger partial charge < -0.3 is 15.2 Å². The summed E-state index contributed by atoms with van der Waals surface area (Å²) in [6.07, 6.45) is 0.963. The molecule has 1 rings (SSSR count). The lowest BCUT2D eigenvalue weighted by atomic mass is 10.1. The summed E-state index contributed by atoms with van der Waals surface area (Å²) < 4.78 is 10.9. The first-order valence-corrected chi connectivity index (χ1v) is 7.49. The minimum atomic E-state index is 0.769. The molecule has 0 saturated carbocycles. The van der Waals surface area contributed by atoms with Crippen LogP contribution in [0.3, 0.4) is 0 Å². The van der Waals surface area contributed by atoms with Gasteiger partial charge in [0.2, 0.25) is 0 Å². The first kappa shape index (κ1) is 17.0. The van der Waals surface area contributed by atoms with Gasteiger partial charge in [0.25, 0.3) is 0 Å². The summed E-state index contributed by atoms with van der Waals surface area (Å²) in [5.74, 6) is 0. The lowest BCUT2D eigenvalue weighted by molar-refractivity contribution is 0.0833. The number of rotatable bonds is 11. The van der Waals surface area contributed by atoms with Crippen molar-refractivity contribution in [3.05, 3.63) is 29.8 Å². The highest BCUT2D eigenvalue weighted by atomic mass is 16.5. The van der Waals surface area contributed by atoms with E-state index in [-0.39, 0.29) is 0 Å². The van der Waals surface area contributed by atoms with Crippen LogP contribution in [0.4, 0.5) is 5.69 Å². The largest absolute Gasteiger partial charge is 0.399 e. The Bertz CT molecular complexity index is 348. The predicted molar refractivity (Wildman–Crippen MR) is 84.0 cm³/mol. The van der Waals surface area contributed by atoms with E-state index in [1.807, 2.05) is 32.0 Å². The van der Waals surface area contributed by atoms with Gasteiger partial charge in [0.1, 0.15) is 0 Å². The van der Waals surface area contributed by atoms with Crippen molar-refractivity contribution in [1.82, 2.24) is 4.90 Å². The summed E-state index contributed by atoms with van der Waals surface area (Å²) in [7, 11) is 0. The smallest absolute Gasteiger partial charge is 0.0593 e. The van der Waals surface area contributed by atoms with Crippen LogP contribution in [-0.2, 0) is 15.9 Å². The SMILES string of the molecule is CCOCCN(CCOCC)CCc1ccccc1N.